The maximum Gasteiger partial charge on any atom is 0.0900 e. The van der Waals surface area contributed by atoms with Gasteiger partial charge in [0.2, 0.25) is 0 Å². The summed E-state index contributed by atoms with van der Waals surface area (Å²) in [6.07, 6.45) is 1.73. The van der Waals surface area contributed by atoms with E-state index in [0.717, 1.165) is 37.4 Å². The SMILES string of the molecule is CCCCOCC(O)CN(C)Cc1cccc(C)n1. The van der Waals surface area contributed by atoms with E-state index < -0.39 is 6.10 Å². The van der Waals surface area contributed by atoms with Crippen LogP contribution in [0.2, 0.25) is 0 Å². The van der Waals surface area contributed by atoms with Crippen LogP contribution in [-0.4, -0.2) is 47.9 Å². The molecule has 19 heavy (non-hydrogen) atoms. The van der Waals surface area contributed by atoms with Crippen molar-refractivity contribution in [3.05, 3.63) is 29.6 Å². The fraction of sp³-hybridized carbons (Fsp3) is 0.667. The van der Waals surface area contributed by atoms with Gasteiger partial charge in [0.1, 0.15) is 0 Å². The number of hydrogen-bond donors (Lipinski definition) is 1. The second kappa shape index (κ2) is 9.02. The first-order valence-corrected chi connectivity index (χ1v) is 6.98. The summed E-state index contributed by atoms with van der Waals surface area (Å²) in [6, 6.07) is 6.00. The fourth-order valence-electron chi connectivity index (χ4n) is 1.91. The van der Waals surface area contributed by atoms with E-state index in [0.29, 0.717) is 13.2 Å². The number of aliphatic hydroxyl groups excluding tert-OH is 1. The van der Waals surface area contributed by atoms with Gasteiger partial charge >= 0.3 is 0 Å². The van der Waals surface area contributed by atoms with E-state index in [1.54, 1.807) is 0 Å². The Kier molecular flexibility index (Phi) is 7.63. The maximum atomic E-state index is 9.86. The Morgan fingerprint density at radius 1 is 1.42 bits per heavy atom. The Morgan fingerprint density at radius 3 is 2.89 bits per heavy atom. The number of nitrogens with zero attached hydrogens (tertiary/aromatic N) is 2. The summed E-state index contributed by atoms with van der Waals surface area (Å²) in [6.45, 7) is 6.60. The van der Waals surface area contributed by atoms with Crippen LogP contribution in [0.25, 0.3) is 0 Å². The van der Waals surface area contributed by atoms with Gasteiger partial charge in [-0.05, 0) is 32.5 Å². The lowest BCUT2D eigenvalue weighted by atomic mass is 10.3. The van der Waals surface area contributed by atoms with Crippen LogP contribution in [0.4, 0.5) is 0 Å². The Labute approximate surface area is 116 Å². The third-order valence-electron chi connectivity index (χ3n) is 2.85. The molecular formula is C15H26N2O2. The normalized spacial score (nSPS) is 12.9. The molecule has 0 aliphatic rings. The average molecular weight is 266 g/mol. The molecule has 0 bridgehead atoms. The van der Waals surface area contributed by atoms with Gasteiger partial charge < -0.3 is 9.84 Å². The largest absolute Gasteiger partial charge is 0.389 e. The number of likely N-dealkylation sites (N-methyl/N-ethyl adjacent to an activating group) is 1. The van der Waals surface area contributed by atoms with Crippen LogP contribution in [0.15, 0.2) is 18.2 Å². The molecule has 1 aromatic heterocycles. The summed E-state index contributed by atoms with van der Waals surface area (Å²) in [4.78, 5) is 6.52. The Balaban J connectivity index is 2.24. The first-order chi connectivity index (χ1) is 9.11. The lowest BCUT2D eigenvalue weighted by molar-refractivity contribution is 0.0187. The summed E-state index contributed by atoms with van der Waals surface area (Å²) in [5.74, 6) is 0. The minimum atomic E-state index is -0.438. The van der Waals surface area contributed by atoms with Crippen molar-refractivity contribution in [1.29, 1.82) is 0 Å². The monoisotopic (exact) mass is 266 g/mol. The molecule has 0 saturated heterocycles. The van der Waals surface area contributed by atoms with Gasteiger partial charge in [0.15, 0.2) is 0 Å². The Hall–Kier alpha value is -0.970. The molecule has 1 rings (SSSR count). The highest BCUT2D eigenvalue weighted by molar-refractivity contribution is 5.09. The van der Waals surface area contributed by atoms with Crippen LogP contribution in [0.1, 0.15) is 31.2 Å². The van der Waals surface area contributed by atoms with Crippen molar-refractivity contribution < 1.29 is 9.84 Å². The second-order valence-electron chi connectivity index (χ2n) is 5.05. The van der Waals surface area contributed by atoms with E-state index in [2.05, 4.69) is 16.8 Å². The summed E-state index contributed by atoms with van der Waals surface area (Å²) in [5, 5.41) is 9.86. The van der Waals surface area contributed by atoms with Crippen LogP contribution in [-0.2, 0) is 11.3 Å². The van der Waals surface area contributed by atoms with Crippen molar-refractivity contribution >= 4 is 0 Å². The fourth-order valence-corrected chi connectivity index (χ4v) is 1.91. The van der Waals surface area contributed by atoms with Gasteiger partial charge in [0.05, 0.1) is 18.4 Å². The number of aryl methyl sites for hydroxylation is 1. The highest BCUT2D eigenvalue weighted by Gasteiger charge is 2.09. The van der Waals surface area contributed by atoms with Gasteiger partial charge in [-0.15, -0.1) is 0 Å². The van der Waals surface area contributed by atoms with Crippen molar-refractivity contribution in [2.45, 2.75) is 39.3 Å². The Morgan fingerprint density at radius 2 is 2.21 bits per heavy atom. The standard InChI is InChI=1S/C15H26N2O2/c1-4-5-9-19-12-15(18)11-17(3)10-14-8-6-7-13(2)16-14/h6-8,15,18H,4-5,9-12H2,1-3H3. The quantitative estimate of drug-likeness (QED) is 0.694. The topological polar surface area (TPSA) is 45.6 Å². The lowest BCUT2D eigenvalue weighted by Crippen LogP contribution is -2.32. The van der Waals surface area contributed by atoms with Crippen molar-refractivity contribution in [2.24, 2.45) is 0 Å². The molecule has 0 aliphatic heterocycles. The van der Waals surface area contributed by atoms with Gasteiger partial charge in [0, 0.05) is 25.4 Å². The number of pyridine rings is 1. The highest BCUT2D eigenvalue weighted by Crippen LogP contribution is 2.03. The van der Waals surface area contributed by atoms with E-state index >= 15 is 0 Å². The molecule has 1 aromatic rings. The zero-order valence-electron chi connectivity index (χ0n) is 12.3. The molecule has 1 atom stereocenters. The molecule has 108 valence electrons. The third-order valence-corrected chi connectivity index (χ3v) is 2.85. The molecule has 0 saturated carbocycles. The minimum absolute atomic E-state index is 0.408. The third kappa shape index (κ3) is 7.25. The summed E-state index contributed by atoms with van der Waals surface area (Å²) in [5.41, 5.74) is 2.05. The summed E-state index contributed by atoms with van der Waals surface area (Å²) >= 11 is 0. The number of unbranched alkanes of at least 4 members (excludes halogenated alkanes) is 1. The summed E-state index contributed by atoms with van der Waals surface area (Å²) < 4.78 is 5.41. The second-order valence-corrected chi connectivity index (χ2v) is 5.05. The number of rotatable bonds is 9. The molecule has 4 nitrogen and oxygen atoms in total. The molecule has 0 radical (unpaired) electrons. The molecule has 0 aromatic carbocycles. The molecule has 0 aliphatic carbocycles. The van der Waals surface area contributed by atoms with Gasteiger partial charge in [-0.25, -0.2) is 0 Å². The van der Waals surface area contributed by atoms with Gasteiger partial charge in [-0.3, -0.25) is 9.88 Å². The number of ether oxygens (including phenoxy) is 1. The van der Waals surface area contributed by atoms with Gasteiger partial charge in [-0.1, -0.05) is 19.4 Å². The zero-order valence-corrected chi connectivity index (χ0v) is 12.3. The number of hydrogen-bond acceptors (Lipinski definition) is 4. The van der Waals surface area contributed by atoms with Crippen LogP contribution < -0.4 is 0 Å². The van der Waals surface area contributed by atoms with E-state index in [9.17, 15) is 5.11 Å². The van der Waals surface area contributed by atoms with Crippen molar-refractivity contribution in [3.8, 4) is 0 Å². The van der Waals surface area contributed by atoms with E-state index in [1.165, 1.54) is 0 Å². The summed E-state index contributed by atoms with van der Waals surface area (Å²) in [7, 11) is 1.99. The van der Waals surface area contributed by atoms with Crippen molar-refractivity contribution in [2.75, 3.05) is 26.8 Å². The molecule has 4 heteroatoms. The molecular weight excluding hydrogens is 240 g/mol. The average Bonchev–Trinajstić information content (AvgIpc) is 2.34. The van der Waals surface area contributed by atoms with Crippen LogP contribution in [0, 0.1) is 6.92 Å². The molecule has 0 spiro atoms. The minimum Gasteiger partial charge on any atom is -0.389 e. The first kappa shape index (κ1) is 16.1. The van der Waals surface area contributed by atoms with Crippen molar-refractivity contribution in [1.82, 2.24) is 9.88 Å². The first-order valence-electron chi connectivity index (χ1n) is 6.98. The van der Waals surface area contributed by atoms with E-state index in [4.69, 9.17) is 4.74 Å². The van der Waals surface area contributed by atoms with E-state index in [1.807, 2.05) is 32.2 Å². The van der Waals surface area contributed by atoms with E-state index in [-0.39, 0.29) is 0 Å². The predicted octanol–water partition coefficient (Wildman–Crippen LogP) is 2.00. The Bertz CT molecular complexity index is 358. The molecule has 1 unspecified atom stereocenters. The smallest absolute Gasteiger partial charge is 0.0900 e. The zero-order chi connectivity index (χ0) is 14.1. The van der Waals surface area contributed by atoms with Crippen LogP contribution >= 0.6 is 0 Å². The maximum absolute atomic E-state index is 9.86. The number of aliphatic hydroxyl groups is 1. The highest BCUT2D eigenvalue weighted by atomic mass is 16.5. The number of aromatic nitrogens is 1. The molecule has 0 fully saturated rings. The molecule has 0 amide bonds. The molecule has 1 N–H and O–H groups in total. The van der Waals surface area contributed by atoms with Gasteiger partial charge in [-0.2, -0.15) is 0 Å². The molecule has 1 heterocycles. The lowest BCUT2D eigenvalue weighted by Gasteiger charge is -2.20. The van der Waals surface area contributed by atoms with Crippen molar-refractivity contribution in [3.63, 3.8) is 0 Å². The van der Waals surface area contributed by atoms with Crippen LogP contribution in [0.5, 0.6) is 0 Å². The van der Waals surface area contributed by atoms with Gasteiger partial charge in [0.25, 0.3) is 0 Å². The predicted molar refractivity (Wildman–Crippen MR) is 77.0 cm³/mol. The van der Waals surface area contributed by atoms with Crippen LogP contribution in [0.3, 0.4) is 0 Å².